The highest BCUT2D eigenvalue weighted by Crippen LogP contribution is 2.30. The highest BCUT2D eigenvalue weighted by molar-refractivity contribution is 7.14. The van der Waals surface area contributed by atoms with Crippen molar-refractivity contribution in [3.8, 4) is 11.3 Å². The Labute approximate surface area is 153 Å². The van der Waals surface area contributed by atoms with Crippen LogP contribution in [0, 0.1) is 0 Å². The molecule has 4 N–H and O–H groups in total. The van der Waals surface area contributed by atoms with Crippen LogP contribution in [0.5, 0.6) is 0 Å². The maximum atomic E-state index is 11.9. The van der Waals surface area contributed by atoms with Crippen molar-refractivity contribution >= 4 is 28.1 Å². The number of anilines is 2. The average Bonchev–Trinajstić information content (AvgIpc) is 3.30. The van der Waals surface area contributed by atoms with Gasteiger partial charge in [0.1, 0.15) is 0 Å². The van der Waals surface area contributed by atoms with Crippen LogP contribution in [0.25, 0.3) is 11.3 Å². The number of thiazole rings is 1. The molecule has 2 aromatic rings. The van der Waals surface area contributed by atoms with E-state index in [0.29, 0.717) is 6.42 Å². The van der Waals surface area contributed by atoms with Crippen LogP contribution in [0.1, 0.15) is 38.5 Å². The summed E-state index contributed by atoms with van der Waals surface area (Å²) in [6.45, 7) is 3.18. The fourth-order valence-corrected chi connectivity index (χ4v) is 3.93. The zero-order valence-corrected chi connectivity index (χ0v) is 15.5. The van der Waals surface area contributed by atoms with E-state index in [1.54, 1.807) is 11.3 Å². The number of rotatable bonds is 8. The van der Waals surface area contributed by atoms with Crippen molar-refractivity contribution in [1.82, 2.24) is 4.98 Å². The first kappa shape index (κ1) is 17.9. The molecule has 25 heavy (non-hydrogen) atoms. The lowest BCUT2D eigenvalue weighted by Crippen LogP contribution is -2.50. The summed E-state index contributed by atoms with van der Waals surface area (Å²) < 4.78 is 0. The molecule has 0 bridgehead atoms. The predicted octanol–water partition coefficient (Wildman–Crippen LogP) is 3.15. The number of nitrogens with one attached hydrogen (secondary N) is 1. The number of benzene rings is 1. The van der Waals surface area contributed by atoms with E-state index in [4.69, 9.17) is 4.98 Å². The van der Waals surface area contributed by atoms with E-state index in [-0.39, 0.29) is 5.91 Å². The Morgan fingerprint density at radius 2 is 1.92 bits per heavy atom. The van der Waals surface area contributed by atoms with Gasteiger partial charge in [-0.25, -0.2) is 4.98 Å². The Hall–Kier alpha value is -1.92. The van der Waals surface area contributed by atoms with Crippen LogP contribution in [-0.4, -0.2) is 30.5 Å². The van der Waals surface area contributed by atoms with Gasteiger partial charge in [-0.1, -0.05) is 12.1 Å². The third-order valence-electron chi connectivity index (χ3n) is 4.49. The first-order chi connectivity index (χ1) is 12.3. The molecule has 0 unspecified atom stereocenters. The average molecular weight is 360 g/mol. The molecule has 0 saturated carbocycles. The third-order valence-corrected chi connectivity index (χ3v) is 5.39. The number of amides is 1. The zero-order valence-electron chi connectivity index (χ0n) is 14.7. The van der Waals surface area contributed by atoms with Crippen LogP contribution in [0.3, 0.4) is 0 Å². The van der Waals surface area contributed by atoms with Crippen molar-refractivity contribution in [1.29, 1.82) is 0 Å². The number of carbonyl (C=O) groups excluding carboxylic acids is 1. The summed E-state index contributed by atoms with van der Waals surface area (Å²) >= 11 is 1.71. The second-order valence-corrected chi connectivity index (χ2v) is 7.34. The minimum Gasteiger partial charge on any atom is -0.358 e. The van der Waals surface area contributed by atoms with Gasteiger partial charge in [0.25, 0.3) is 0 Å². The summed E-state index contributed by atoms with van der Waals surface area (Å²) in [6, 6.07) is 7.97. The number of quaternary nitrogens is 1. The zero-order chi connectivity index (χ0) is 17.5. The van der Waals surface area contributed by atoms with Crippen LogP contribution < -0.4 is 16.0 Å². The van der Waals surface area contributed by atoms with E-state index < -0.39 is 0 Å². The molecule has 5 nitrogen and oxygen atoms in total. The third kappa shape index (κ3) is 5.03. The maximum absolute atomic E-state index is 11.9. The lowest BCUT2D eigenvalue weighted by atomic mass is 10.1. The fourth-order valence-electron chi connectivity index (χ4n) is 3.04. The van der Waals surface area contributed by atoms with Crippen LogP contribution in [0.15, 0.2) is 29.6 Å². The standard InChI is InChI=1S/C19H26N4OS/c20-11-3-1-2-6-18(24)21-16-9-7-15(8-10-16)17-14-25-19(22-17)23-12-4-5-13-23/h7-10,14H,1-6,11-13,20H2,(H,21,24)/p+1. The summed E-state index contributed by atoms with van der Waals surface area (Å²) in [5.41, 5.74) is 6.77. The second-order valence-electron chi connectivity index (χ2n) is 6.50. The number of nitrogens with zero attached hydrogens (tertiary/aromatic N) is 2. The molecule has 1 aromatic heterocycles. The van der Waals surface area contributed by atoms with Gasteiger partial charge in [0.05, 0.1) is 12.2 Å². The number of aromatic nitrogens is 1. The highest BCUT2D eigenvalue weighted by atomic mass is 32.1. The smallest absolute Gasteiger partial charge is 0.224 e. The summed E-state index contributed by atoms with van der Waals surface area (Å²) in [4.78, 5) is 19.1. The molecule has 3 rings (SSSR count). The molecule has 1 aromatic carbocycles. The molecule has 134 valence electrons. The van der Waals surface area contributed by atoms with Gasteiger partial charge in [-0.2, -0.15) is 0 Å². The maximum Gasteiger partial charge on any atom is 0.224 e. The summed E-state index contributed by atoms with van der Waals surface area (Å²) in [5, 5.41) is 6.20. The monoisotopic (exact) mass is 359 g/mol. The fraction of sp³-hybridized carbons (Fsp3) is 0.474. The molecule has 1 aliphatic heterocycles. The molecular weight excluding hydrogens is 332 g/mol. The summed E-state index contributed by atoms with van der Waals surface area (Å²) in [5.74, 6) is 0.0850. The van der Waals surface area contributed by atoms with E-state index >= 15 is 0 Å². The molecule has 0 spiro atoms. The lowest BCUT2D eigenvalue weighted by molar-refractivity contribution is -0.368. The number of carbonyl (C=O) groups is 1. The van der Waals surface area contributed by atoms with Crippen LogP contribution in [-0.2, 0) is 4.79 Å². The topological polar surface area (TPSA) is 72.9 Å². The SMILES string of the molecule is [NH3+]CCCCCC(=O)Nc1ccc(-c2csc(N3CCCC3)n2)cc1. The van der Waals surface area contributed by atoms with Gasteiger partial charge in [0, 0.05) is 36.1 Å². The Morgan fingerprint density at radius 1 is 1.16 bits per heavy atom. The molecule has 1 aliphatic rings. The predicted molar refractivity (Wildman–Crippen MR) is 104 cm³/mol. The molecule has 0 atom stereocenters. The molecular formula is C19H27N4OS+. The second kappa shape index (κ2) is 8.97. The first-order valence-electron chi connectivity index (χ1n) is 9.16. The molecule has 0 radical (unpaired) electrons. The van der Waals surface area contributed by atoms with Gasteiger partial charge in [0.15, 0.2) is 5.13 Å². The largest absolute Gasteiger partial charge is 0.358 e. The summed E-state index contributed by atoms with van der Waals surface area (Å²) in [6.07, 6.45) is 6.19. The Morgan fingerprint density at radius 3 is 2.64 bits per heavy atom. The minimum atomic E-state index is 0.0850. The molecule has 1 amide bonds. The van der Waals surface area contributed by atoms with E-state index in [0.717, 1.165) is 61.0 Å². The molecule has 2 heterocycles. The van der Waals surface area contributed by atoms with Crippen molar-refractivity contribution in [2.75, 3.05) is 29.9 Å². The van der Waals surface area contributed by atoms with Crippen molar-refractivity contribution in [3.63, 3.8) is 0 Å². The van der Waals surface area contributed by atoms with Gasteiger partial charge >= 0.3 is 0 Å². The molecule has 0 aliphatic carbocycles. The summed E-state index contributed by atoms with van der Waals surface area (Å²) in [7, 11) is 0. The molecule has 1 fully saturated rings. The van der Waals surface area contributed by atoms with E-state index in [1.165, 1.54) is 12.8 Å². The Balaban J connectivity index is 1.54. The Bertz CT molecular complexity index is 677. The van der Waals surface area contributed by atoms with E-state index in [9.17, 15) is 4.79 Å². The van der Waals surface area contributed by atoms with E-state index in [2.05, 4.69) is 21.3 Å². The first-order valence-corrected chi connectivity index (χ1v) is 10.0. The van der Waals surface area contributed by atoms with Crippen molar-refractivity contribution in [2.24, 2.45) is 0 Å². The van der Waals surface area contributed by atoms with Gasteiger partial charge in [-0.3, -0.25) is 4.79 Å². The number of hydrogen-bond donors (Lipinski definition) is 2. The number of unbranched alkanes of at least 4 members (excludes halogenated alkanes) is 2. The Kier molecular flexibility index (Phi) is 6.42. The van der Waals surface area contributed by atoms with Crippen LogP contribution in [0.4, 0.5) is 10.8 Å². The van der Waals surface area contributed by atoms with Crippen molar-refractivity contribution < 1.29 is 10.5 Å². The van der Waals surface area contributed by atoms with Crippen molar-refractivity contribution in [2.45, 2.75) is 38.5 Å². The van der Waals surface area contributed by atoms with Crippen LogP contribution in [0.2, 0.25) is 0 Å². The van der Waals surface area contributed by atoms with Crippen LogP contribution >= 0.6 is 11.3 Å². The normalized spacial score (nSPS) is 14.0. The molecule has 6 heteroatoms. The van der Waals surface area contributed by atoms with Gasteiger partial charge in [-0.05, 0) is 44.2 Å². The lowest BCUT2D eigenvalue weighted by Gasteiger charge is -2.12. The number of hydrogen-bond acceptors (Lipinski definition) is 4. The van der Waals surface area contributed by atoms with E-state index in [1.807, 2.05) is 24.3 Å². The quantitative estimate of drug-likeness (QED) is 0.711. The van der Waals surface area contributed by atoms with Crippen molar-refractivity contribution in [3.05, 3.63) is 29.6 Å². The minimum absolute atomic E-state index is 0.0850. The highest BCUT2D eigenvalue weighted by Gasteiger charge is 2.16. The van der Waals surface area contributed by atoms with Gasteiger partial charge < -0.3 is 16.0 Å². The van der Waals surface area contributed by atoms with Gasteiger partial charge in [0.2, 0.25) is 5.91 Å². The van der Waals surface area contributed by atoms with Gasteiger partial charge in [-0.15, -0.1) is 11.3 Å². The molecule has 1 saturated heterocycles.